The van der Waals surface area contributed by atoms with Crippen molar-refractivity contribution in [3.05, 3.63) is 0 Å². The minimum absolute atomic E-state index is 0. The van der Waals surface area contributed by atoms with Crippen LogP contribution in [0.3, 0.4) is 0 Å². The summed E-state index contributed by atoms with van der Waals surface area (Å²) in [6, 6.07) is 0. The van der Waals surface area contributed by atoms with Crippen LogP contribution >= 0.6 is 34.0 Å². The summed E-state index contributed by atoms with van der Waals surface area (Å²) in [5, 5.41) is 0. The van der Waals surface area contributed by atoms with Gasteiger partial charge in [0.25, 0.3) is 0 Å². The first-order valence-corrected chi connectivity index (χ1v) is 0. The average Bonchev–Trinajstić information content (AvgIpc) is 0. The molecule has 0 nitrogen and oxygen atoms in total. The standard InChI is InChI=1S/2BrH.Ca.Na.3H/h2*1H;;;;;/q;;+2;+1;3*-1. The van der Waals surface area contributed by atoms with Gasteiger partial charge in [0.05, 0.1) is 0 Å². The summed E-state index contributed by atoms with van der Waals surface area (Å²) >= 11 is 0. The molecule has 0 aliphatic carbocycles. The maximum atomic E-state index is 0. The van der Waals surface area contributed by atoms with Crippen LogP contribution in [-0.4, -0.2) is 37.7 Å². The van der Waals surface area contributed by atoms with Gasteiger partial charge in [0.1, 0.15) is 0 Å². The van der Waals surface area contributed by atoms with Crippen LogP contribution in [0.5, 0.6) is 0 Å². The van der Waals surface area contributed by atoms with Gasteiger partial charge in [-0.3, -0.25) is 0 Å². The van der Waals surface area contributed by atoms with E-state index < -0.39 is 0 Å². The molecule has 0 aromatic rings. The maximum Gasteiger partial charge on any atom is 2.00 e. The van der Waals surface area contributed by atoms with Crippen molar-refractivity contribution < 1.29 is 33.8 Å². The monoisotopic (exact) mass is 226 g/mol. The zero-order chi connectivity index (χ0) is 0. The quantitative estimate of drug-likeness (QED) is 0.425. The van der Waals surface area contributed by atoms with Crippen molar-refractivity contribution in [1.29, 1.82) is 0 Å². The van der Waals surface area contributed by atoms with E-state index in [0.29, 0.717) is 0 Å². The SMILES string of the molecule is Br.Br.[Ca+2].[H-].[H-].[H-].[Na+]. The molecule has 0 saturated heterocycles. The van der Waals surface area contributed by atoms with Gasteiger partial charge >= 0.3 is 67.3 Å². The molecular formula is H5Br2CaNa. The van der Waals surface area contributed by atoms with E-state index in [1.54, 1.807) is 0 Å². The van der Waals surface area contributed by atoms with Gasteiger partial charge in [-0.05, 0) is 0 Å². The van der Waals surface area contributed by atoms with Crippen molar-refractivity contribution in [3.63, 3.8) is 0 Å². The van der Waals surface area contributed by atoms with E-state index in [2.05, 4.69) is 0 Å². The third-order valence-corrected chi connectivity index (χ3v) is 0. The summed E-state index contributed by atoms with van der Waals surface area (Å²) in [7, 11) is 0. The van der Waals surface area contributed by atoms with Gasteiger partial charge in [-0.1, -0.05) is 0 Å². The summed E-state index contributed by atoms with van der Waals surface area (Å²) in [4.78, 5) is 0. The second-order valence-corrected chi connectivity index (χ2v) is 0. The van der Waals surface area contributed by atoms with Crippen LogP contribution in [0.4, 0.5) is 0 Å². The van der Waals surface area contributed by atoms with Crippen LogP contribution in [0.25, 0.3) is 0 Å². The molecule has 0 amide bonds. The molecule has 0 aromatic heterocycles. The molecule has 4 heavy (non-hydrogen) atoms. The van der Waals surface area contributed by atoms with Gasteiger partial charge in [0.2, 0.25) is 0 Å². The molecule has 0 bridgehead atoms. The van der Waals surface area contributed by atoms with Crippen molar-refractivity contribution in [2.45, 2.75) is 0 Å². The topological polar surface area (TPSA) is 0 Å². The zero-order valence-corrected chi connectivity index (χ0v) is 10.2. The average molecular weight is 228 g/mol. The summed E-state index contributed by atoms with van der Waals surface area (Å²) in [5.74, 6) is 0. The summed E-state index contributed by atoms with van der Waals surface area (Å²) in [6.07, 6.45) is 0. The predicted molar refractivity (Wildman–Crippen MR) is 29.7 cm³/mol. The van der Waals surface area contributed by atoms with E-state index in [-0.39, 0.29) is 106 Å². The van der Waals surface area contributed by atoms with Crippen LogP contribution < -0.4 is 29.6 Å². The van der Waals surface area contributed by atoms with Gasteiger partial charge < -0.3 is 4.28 Å². The second kappa shape index (κ2) is 16.3. The zero-order valence-electron chi connectivity index (χ0n) is 5.52. The van der Waals surface area contributed by atoms with Crippen molar-refractivity contribution >= 4 is 71.7 Å². The Morgan fingerprint density at radius 3 is 1.00 bits per heavy atom. The van der Waals surface area contributed by atoms with Crippen LogP contribution in [0.2, 0.25) is 0 Å². The van der Waals surface area contributed by atoms with Crippen molar-refractivity contribution in [2.24, 2.45) is 0 Å². The number of halogens is 2. The first-order valence-electron chi connectivity index (χ1n) is 0. The number of rotatable bonds is 0. The first kappa shape index (κ1) is 26.9. The molecule has 0 heterocycles. The largest absolute Gasteiger partial charge is 2.00 e. The molecule has 0 aliphatic rings. The molecule has 0 rings (SSSR count). The van der Waals surface area contributed by atoms with E-state index in [4.69, 9.17) is 0 Å². The van der Waals surface area contributed by atoms with E-state index in [9.17, 15) is 0 Å². The Hall–Kier alpha value is 3.22. The molecule has 0 unspecified atom stereocenters. The molecule has 0 aliphatic heterocycles. The van der Waals surface area contributed by atoms with Crippen LogP contribution in [0.1, 0.15) is 4.28 Å². The predicted octanol–water partition coefficient (Wildman–Crippen LogP) is -1.88. The van der Waals surface area contributed by atoms with E-state index >= 15 is 0 Å². The molecule has 0 aromatic carbocycles. The molecule has 0 fully saturated rings. The molecule has 22 valence electrons. The van der Waals surface area contributed by atoms with Gasteiger partial charge in [-0.15, -0.1) is 34.0 Å². The molecule has 0 radical (unpaired) electrons. The van der Waals surface area contributed by atoms with E-state index in [1.807, 2.05) is 0 Å². The molecule has 0 saturated carbocycles. The van der Waals surface area contributed by atoms with Crippen molar-refractivity contribution in [2.75, 3.05) is 0 Å². The van der Waals surface area contributed by atoms with Gasteiger partial charge in [0.15, 0.2) is 0 Å². The first-order chi connectivity index (χ1) is 0. The number of hydrogen-bond acceptors (Lipinski definition) is 0. The van der Waals surface area contributed by atoms with Gasteiger partial charge in [-0.25, -0.2) is 0 Å². The minimum Gasteiger partial charge on any atom is -1.00 e. The third kappa shape index (κ3) is 8.97. The Balaban J connectivity index is 0. The van der Waals surface area contributed by atoms with Crippen LogP contribution in [-0.2, 0) is 0 Å². The Kier molecular flexibility index (Phi) is 110. The molecule has 0 spiro atoms. The summed E-state index contributed by atoms with van der Waals surface area (Å²) < 4.78 is 0. The van der Waals surface area contributed by atoms with Crippen molar-refractivity contribution in [1.82, 2.24) is 0 Å². The fourth-order valence-electron chi connectivity index (χ4n) is 0. The smallest absolute Gasteiger partial charge is 1.00 e. The van der Waals surface area contributed by atoms with Gasteiger partial charge in [-0.2, -0.15) is 0 Å². The Labute approximate surface area is 103 Å². The molecule has 0 atom stereocenters. The Morgan fingerprint density at radius 1 is 1.00 bits per heavy atom. The summed E-state index contributed by atoms with van der Waals surface area (Å²) in [5.41, 5.74) is 0. The maximum absolute atomic E-state index is 0. The molecule has 0 N–H and O–H groups in total. The minimum atomic E-state index is 0. The fraction of sp³-hybridized carbons (Fsp3) is 0. The second-order valence-electron chi connectivity index (χ2n) is 0. The van der Waals surface area contributed by atoms with Crippen LogP contribution in [0.15, 0.2) is 0 Å². The fourth-order valence-corrected chi connectivity index (χ4v) is 0. The molecule has 4 heteroatoms. The van der Waals surface area contributed by atoms with Crippen LogP contribution in [0, 0.1) is 0 Å². The Bertz CT molecular complexity index is 12.9. The Morgan fingerprint density at radius 2 is 1.00 bits per heavy atom. The van der Waals surface area contributed by atoms with E-state index in [0.717, 1.165) is 0 Å². The third-order valence-electron chi connectivity index (χ3n) is 0. The normalized spacial score (nSPS) is 0. The van der Waals surface area contributed by atoms with Gasteiger partial charge in [0, 0.05) is 0 Å². The van der Waals surface area contributed by atoms with E-state index in [1.165, 1.54) is 0 Å². The number of hydrogen-bond donors (Lipinski definition) is 0. The van der Waals surface area contributed by atoms with Crippen molar-refractivity contribution in [3.8, 4) is 0 Å². The molecular weight excluding hydrogens is 223 g/mol. The summed E-state index contributed by atoms with van der Waals surface area (Å²) in [6.45, 7) is 0.